The van der Waals surface area contributed by atoms with Gasteiger partial charge in [-0.2, -0.15) is 0 Å². The third-order valence-electron chi connectivity index (χ3n) is 3.68. The largest absolute Gasteiger partial charge is 0.493 e. The number of halogens is 1. The summed E-state index contributed by atoms with van der Waals surface area (Å²) in [6.45, 7) is -0.309. The summed E-state index contributed by atoms with van der Waals surface area (Å²) in [7, 11) is 2.70. The first-order valence-electron chi connectivity index (χ1n) is 7.60. The van der Waals surface area contributed by atoms with E-state index in [0.29, 0.717) is 28.0 Å². The van der Waals surface area contributed by atoms with Crippen molar-refractivity contribution in [3.63, 3.8) is 0 Å². The van der Waals surface area contributed by atoms with Crippen LogP contribution >= 0.6 is 11.6 Å². The maximum absolute atomic E-state index is 12.3. The third kappa shape index (κ3) is 3.48. The fourth-order valence-electron chi connectivity index (χ4n) is 2.41. The lowest BCUT2D eigenvalue weighted by Crippen LogP contribution is -2.13. The quantitative estimate of drug-likeness (QED) is 0.690. The lowest BCUT2D eigenvalue weighted by molar-refractivity contribution is -0.142. The highest BCUT2D eigenvalue weighted by Crippen LogP contribution is 2.38. The van der Waals surface area contributed by atoms with Gasteiger partial charge in [-0.15, -0.1) is 0 Å². The van der Waals surface area contributed by atoms with Crippen molar-refractivity contribution in [3.8, 4) is 22.9 Å². The fourth-order valence-corrected chi connectivity index (χ4v) is 2.68. The van der Waals surface area contributed by atoms with E-state index in [1.165, 1.54) is 14.2 Å². The monoisotopic (exact) mass is 374 g/mol. The smallest absolute Gasteiger partial charge is 0.343 e. The van der Waals surface area contributed by atoms with Gasteiger partial charge in [0, 0.05) is 5.56 Å². The summed E-state index contributed by atoms with van der Waals surface area (Å²) in [4.78, 5) is 30.7. The number of rotatable bonds is 5. The number of nitrogens with one attached hydrogen (secondary N) is 1. The molecule has 0 saturated heterocycles. The zero-order valence-corrected chi connectivity index (χ0v) is 14.8. The number of esters is 1. The van der Waals surface area contributed by atoms with Gasteiger partial charge in [-0.05, 0) is 24.3 Å². The molecule has 0 bridgehead atoms. The number of carbonyl (C=O) groups is 1. The zero-order chi connectivity index (χ0) is 18.7. The standard InChI is InChI=1S/C18H15ClN2O5/c1-24-14-8-10(7-12(19)16(14)26-9-15(22)25-2)17-20-13-6-4-3-5-11(13)18(23)21-17/h3-8H,9H2,1-2H3,(H,20,21,23). The maximum Gasteiger partial charge on any atom is 0.343 e. The molecule has 7 nitrogen and oxygen atoms in total. The second-order valence-corrected chi connectivity index (χ2v) is 5.69. The normalized spacial score (nSPS) is 10.6. The SMILES string of the molecule is COC(=O)COc1c(Cl)cc(-c2nc3ccccc3c(=O)[nH]2)cc1OC. The summed E-state index contributed by atoms with van der Waals surface area (Å²) >= 11 is 6.27. The molecule has 0 saturated carbocycles. The number of para-hydroxylation sites is 1. The number of fused-ring (bicyclic) bond motifs is 1. The van der Waals surface area contributed by atoms with Crippen molar-refractivity contribution < 1.29 is 19.0 Å². The summed E-state index contributed by atoms with van der Waals surface area (Å²) < 4.78 is 15.2. The van der Waals surface area contributed by atoms with Crippen LogP contribution in [0.15, 0.2) is 41.2 Å². The highest BCUT2D eigenvalue weighted by Gasteiger charge is 2.16. The van der Waals surface area contributed by atoms with Crippen LogP contribution in [0, 0.1) is 0 Å². The van der Waals surface area contributed by atoms with Gasteiger partial charge in [-0.1, -0.05) is 23.7 Å². The number of H-pyrrole nitrogens is 1. The van der Waals surface area contributed by atoms with Crippen LogP contribution in [0.3, 0.4) is 0 Å². The number of carbonyl (C=O) groups excluding carboxylic acids is 1. The van der Waals surface area contributed by atoms with Crippen molar-refractivity contribution in [2.45, 2.75) is 0 Å². The highest BCUT2D eigenvalue weighted by molar-refractivity contribution is 6.32. The van der Waals surface area contributed by atoms with Crippen LogP contribution in [0.4, 0.5) is 0 Å². The van der Waals surface area contributed by atoms with Gasteiger partial charge in [0.05, 0.1) is 30.1 Å². The van der Waals surface area contributed by atoms with Crippen molar-refractivity contribution in [1.29, 1.82) is 0 Å². The van der Waals surface area contributed by atoms with E-state index >= 15 is 0 Å². The Hall–Kier alpha value is -3.06. The molecule has 0 atom stereocenters. The van der Waals surface area contributed by atoms with Crippen LogP contribution in [0.1, 0.15) is 0 Å². The molecule has 0 fully saturated rings. The molecular weight excluding hydrogens is 360 g/mol. The Kier molecular flexibility index (Phi) is 5.09. The summed E-state index contributed by atoms with van der Waals surface area (Å²) in [5.41, 5.74) is 0.846. The second kappa shape index (κ2) is 7.45. The molecule has 0 radical (unpaired) electrons. The second-order valence-electron chi connectivity index (χ2n) is 5.29. The first-order valence-corrected chi connectivity index (χ1v) is 7.98. The van der Waals surface area contributed by atoms with Gasteiger partial charge in [0.25, 0.3) is 5.56 Å². The van der Waals surface area contributed by atoms with Crippen LogP contribution < -0.4 is 15.0 Å². The number of hydrogen-bond donors (Lipinski definition) is 1. The van der Waals surface area contributed by atoms with Crippen molar-refractivity contribution in [2.24, 2.45) is 0 Å². The zero-order valence-electron chi connectivity index (χ0n) is 14.0. The fraction of sp³-hybridized carbons (Fsp3) is 0.167. The first kappa shape index (κ1) is 17.8. The molecule has 0 aliphatic carbocycles. The molecule has 0 unspecified atom stereocenters. The van der Waals surface area contributed by atoms with Gasteiger partial charge < -0.3 is 19.2 Å². The van der Waals surface area contributed by atoms with E-state index < -0.39 is 5.97 Å². The molecule has 134 valence electrons. The highest BCUT2D eigenvalue weighted by atomic mass is 35.5. The molecule has 0 spiro atoms. The number of aromatic amines is 1. The van der Waals surface area contributed by atoms with Crippen LogP contribution in [0.5, 0.6) is 11.5 Å². The van der Waals surface area contributed by atoms with Crippen molar-refractivity contribution >= 4 is 28.5 Å². The Labute approximate surface area is 153 Å². The van der Waals surface area contributed by atoms with E-state index in [9.17, 15) is 9.59 Å². The molecule has 26 heavy (non-hydrogen) atoms. The van der Waals surface area contributed by atoms with Gasteiger partial charge in [0.1, 0.15) is 5.82 Å². The van der Waals surface area contributed by atoms with Crippen molar-refractivity contribution in [2.75, 3.05) is 20.8 Å². The Morgan fingerprint density at radius 1 is 1.23 bits per heavy atom. The number of aromatic nitrogens is 2. The predicted octanol–water partition coefficient (Wildman–Crippen LogP) is 2.80. The summed E-state index contributed by atoms with van der Waals surface area (Å²) in [5, 5.41) is 0.700. The lowest BCUT2D eigenvalue weighted by Gasteiger charge is -2.13. The molecule has 0 aliphatic rings. The van der Waals surface area contributed by atoms with E-state index in [1.54, 1.807) is 36.4 Å². The molecule has 0 aliphatic heterocycles. The molecular formula is C18H15ClN2O5. The third-order valence-corrected chi connectivity index (χ3v) is 3.96. The lowest BCUT2D eigenvalue weighted by atomic mass is 10.1. The average Bonchev–Trinajstić information content (AvgIpc) is 2.66. The number of ether oxygens (including phenoxy) is 3. The molecule has 0 amide bonds. The van der Waals surface area contributed by atoms with Gasteiger partial charge in [-0.3, -0.25) is 4.79 Å². The van der Waals surface area contributed by atoms with Gasteiger partial charge in [0.2, 0.25) is 0 Å². The molecule has 3 rings (SSSR count). The Morgan fingerprint density at radius 3 is 2.73 bits per heavy atom. The summed E-state index contributed by atoms with van der Waals surface area (Å²) in [6, 6.07) is 10.2. The Balaban J connectivity index is 2.05. The van der Waals surface area contributed by atoms with Gasteiger partial charge in [0.15, 0.2) is 18.1 Å². The average molecular weight is 375 g/mol. The number of benzene rings is 2. The molecule has 1 N–H and O–H groups in total. The number of hydrogen-bond acceptors (Lipinski definition) is 6. The molecule has 1 heterocycles. The Morgan fingerprint density at radius 2 is 2.00 bits per heavy atom. The molecule has 3 aromatic rings. The van der Waals surface area contributed by atoms with Crippen molar-refractivity contribution in [3.05, 3.63) is 51.8 Å². The minimum absolute atomic E-state index is 0.200. The van der Waals surface area contributed by atoms with Gasteiger partial charge >= 0.3 is 5.97 Å². The van der Waals surface area contributed by atoms with E-state index in [0.717, 1.165) is 0 Å². The molecule has 2 aromatic carbocycles. The van der Waals surface area contributed by atoms with Crippen LogP contribution in [-0.4, -0.2) is 36.8 Å². The van der Waals surface area contributed by atoms with E-state index in [1.807, 2.05) is 0 Å². The minimum atomic E-state index is -0.548. The van der Waals surface area contributed by atoms with Crippen LogP contribution in [0.25, 0.3) is 22.3 Å². The van der Waals surface area contributed by atoms with E-state index in [-0.39, 0.29) is 22.9 Å². The summed E-state index contributed by atoms with van der Waals surface area (Å²) in [5.74, 6) is 0.291. The maximum atomic E-state index is 12.3. The van der Waals surface area contributed by atoms with E-state index in [2.05, 4.69) is 14.7 Å². The minimum Gasteiger partial charge on any atom is -0.493 e. The summed E-state index contributed by atoms with van der Waals surface area (Å²) in [6.07, 6.45) is 0. The van der Waals surface area contributed by atoms with Crippen molar-refractivity contribution in [1.82, 2.24) is 9.97 Å². The molecule has 8 heteroatoms. The van der Waals surface area contributed by atoms with Crippen LogP contribution in [0.2, 0.25) is 5.02 Å². The number of methoxy groups -OCH3 is 2. The van der Waals surface area contributed by atoms with E-state index in [4.69, 9.17) is 21.1 Å². The predicted molar refractivity (Wildman–Crippen MR) is 96.9 cm³/mol. The Bertz CT molecular complexity index is 1030. The molecule has 1 aromatic heterocycles. The van der Waals surface area contributed by atoms with Gasteiger partial charge in [-0.25, -0.2) is 9.78 Å². The van der Waals surface area contributed by atoms with Crippen LogP contribution in [-0.2, 0) is 9.53 Å². The number of nitrogens with zero attached hydrogens (tertiary/aromatic N) is 1. The topological polar surface area (TPSA) is 90.5 Å². The first-order chi connectivity index (χ1) is 12.5.